The normalized spacial score (nSPS) is 10.6. The first-order chi connectivity index (χ1) is 12.6. The number of hydrogen-bond donors (Lipinski definition) is 1. The molecule has 0 bridgehead atoms. The maximum Gasteiger partial charge on any atom is 0.251 e. The minimum absolute atomic E-state index is 0.213. The molecule has 0 fully saturated rings. The Balaban J connectivity index is 1.62. The molecule has 0 radical (unpaired) electrons. The van der Waals surface area contributed by atoms with E-state index in [1.54, 1.807) is 18.2 Å². The molecule has 0 aliphatic heterocycles. The lowest BCUT2D eigenvalue weighted by molar-refractivity contribution is 0.0953. The molecule has 5 nitrogen and oxygen atoms in total. The lowest BCUT2D eigenvalue weighted by Gasteiger charge is -2.07. The summed E-state index contributed by atoms with van der Waals surface area (Å²) < 4.78 is 10.9. The smallest absolute Gasteiger partial charge is 0.251 e. The van der Waals surface area contributed by atoms with E-state index in [1.165, 1.54) is 7.11 Å². The van der Waals surface area contributed by atoms with Gasteiger partial charge in [0.25, 0.3) is 5.91 Å². The van der Waals surface area contributed by atoms with Crippen molar-refractivity contribution in [3.8, 4) is 17.2 Å². The second-order valence-electron chi connectivity index (χ2n) is 5.77. The Morgan fingerprint density at radius 1 is 1.23 bits per heavy atom. The topological polar surface area (TPSA) is 64.4 Å². The lowest BCUT2D eigenvalue weighted by Crippen LogP contribution is -2.26. The van der Waals surface area contributed by atoms with Crippen LogP contribution in [0.3, 0.4) is 0 Å². The number of carbonyl (C=O) groups is 1. The van der Waals surface area contributed by atoms with Gasteiger partial charge in [0.2, 0.25) is 5.89 Å². The van der Waals surface area contributed by atoms with Gasteiger partial charge >= 0.3 is 0 Å². The van der Waals surface area contributed by atoms with Crippen molar-refractivity contribution >= 4 is 17.5 Å². The summed E-state index contributed by atoms with van der Waals surface area (Å²) in [5, 5.41) is 3.32. The minimum Gasteiger partial charge on any atom is -0.497 e. The van der Waals surface area contributed by atoms with Crippen molar-refractivity contribution in [3.63, 3.8) is 0 Å². The van der Waals surface area contributed by atoms with E-state index in [0.29, 0.717) is 35.2 Å². The van der Waals surface area contributed by atoms with Gasteiger partial charge < -0.3 is 14.5 Å². The van der Waals surface area contributed by atoms with Gasteiger partial charge in [0, 0.05) is 29.1 Å². The average molecular weight is 371 g/mol. The molecule has 1 N–H and O–H groups in total. The summed E-state index contributed by atoms with van der Waals surface area (Å²) >= 11 is 6.00. The van der Waals surface area contributed by atoms with Crippen molar-refractivity contribution in [1.29, 1.82) is 0 Å². The summed E-state index contributed by atoms with van der Waals surface area (Å²) in [6.07, 6.45) is 0.575. The third-order valence-corrected chi connectivity index (χ3v) is 4.15. The standard InChI is InChI=1S/C20H19ClN2O3/c1-13-18(23-20(26-13)14-6-4-3-5-7-14)8-9-22-19(24)15-10-16(21)12-17(11-15)25-2/h3-7,10-12H,8-9H2,1-2H3,(H,22,24). The highest BCUT2D eigenvalue weighted by Gasteiger charge is 2.12. The third kappa shape index (κ3) is 4.24. The predicted molar refractivity (Wildman–Crippen MR) is 101 cm³/mol. The number of nitrogens with zero attached hydrogens (tertiary/aromatic N) is 1. The second kappa shape index (κ2) is 8.06. The molecule has 1 aromatic heterocycles. The Bertz CT molecular complexity index is 907. The summed E-state index contributed by atoms with van der Waals surface area (Å²) in [6.45, 7) is 2.31. The van der Waals surface area contributed by atoms with E-state index in [-0.39, 0.29) is 5.91 Å². The molecule has 1 heterocycles. The maximum absolute atomic E-state index is 12.3. The van der Waals surface area contributed by atoms with Crippen molar-refractivity contribution in [1.82, 2.24) is 10.3 Å². The van der Waals surface area contributed by atoms with Crippen molar-refractivity contribution in [2.45, 2.75) is 13.3 Å². The molecule has 134 valence electrons. The van der Waals surface area contributed by atoms with Crippen LogP contribution in [-0.2, 0) is 6.42 Å². The van der Waals surface area contributed by atoms with E-state index in [1.807, 2.05) is 37.3 Å². The molecule has 0 aliphatic rings. The van der Waals surface area contributed by atoms with Crippen LogP contribution in [0.25, 0.3) is 11.5 Å². The van der Waals surface area contributed by atoms with Crippen LogP contribution in [0.1, 0.15) is 21.8 Å². The third-order valence-electron chi connectivity index (χ3n) is 3.93. The number of carbonyl (C=O) groups excluding carboxylic acids is 1. The highest BCUT2D eigenvalue weighted by Crippen LogP contribution is 2.22. The first-order valence-corrected chi connectivity index (χ1v) is 8.59. The first kappa shape index (κ1) is 18.0. The van der Waals surface area contributed by atoms with Crippen LogP contribution in [-0.4, -0.2) is 24.5 Å². The molecule has 0 saturated carbocycles. The summed E-state index contributed by atoms with van der Waals surface area (Å²) in [4.78, 5) is 16.8. The Kier molecular flexibility index (Phi) is 5.58. The van der Waals surface area contributed by atoms with E-state index in [2.05, 4.69) is 10.3 Å². The molecule has 3 aromatic rings. The number of nitrogens with one attached hydrogen (secondary N) is 1. The summed E-state index contributed by atoms with van der Waals surface area (Å²) in [5.41, 5.74) is 2.21. The highest BCUT2D eigenvalue weighted by atomic mass is 35.5. The fourth-order valence-corrected chi connectivity index (χ4v) is 2.80. The Morgan fingerprint density at radius 2 is 2.00 bits per heavy atom. The minimum atomic E-state index is -0.213. The Labute approximate surface area is 157 Å². The van der Waals surface area contributed by atoms with Crippen LogP contribution in [0.2, 0.25) is 5.02 Å². The molecular weight excluding hydrogens is 352 g/mol. The number of hydrogen-bond acceptors (Lipinski definition) is 4. The summed E-state index contributed by atoms with van der Waals surface area (Å²) in [5.74, 6) is 1.67. The second-order valence-corrected chi connectivity index (χ2v) is 6.21. The van der Waals surface area contributed by atoms with Crippen molar-refractivity contribution < 1.29 is 13.9 Å². The molecule has 0 saturated heterocycles. The molecule has 0 unspecified atom stereocenters. The largest absolute Gasteiger partial charge is 0.497 e. The van der Waals surface area contributed by atoms with E-state index >= 15 is 0 Å². The quantitative estimate of drug-likeness (QED) is 0.703. The number of aryl methyl sites for hydroxylation is 1. The van der Waals surface area contributed by atoms with Crippen LogP contribution in [0.15, 0.2) is 52.9 Å². The summed E-state index contributed by atoms with van der Waals surface area (Å²) in [6, 6.07) is 14.6. The number of ether oxygens (including phenoxy) is 1. The van der Waals surface area contributed by atoms with E-state index in [9.17, 15) is 4.79 Å². The molecular formula is C20H19ClN2O3. The molecule has 6 heteroatoms. The molecule has 1 amide bonds. The lowest BCUT2D eigenvalue weighted by atomic mass is 10.2. The molecule has 2 aromatic carbocycles. The van der Waals surface area contributed by atoms with Crippen molar-refractivity contribution in [3.05, 3.63) is 70.6 Å². The monoisotopic (exact) mass is 370 g/mol. The fourth-order valence-electron chi connectivity index (χ4n) is 2.57. The number of oxazole rings is 1. The van der Waals surface area contributed by atoms with Gasteiger partial charge in [0.1, 0.15) is 11.5 Å². The number of benzene rings is 2. The predicted octanol–water partition coefficient (Wildman–Crippen LogP) is 4.28. The van der Waals surface area contributed by atoms with Crippen LogP contribution in [0.4, 0.5) is 0 Å². The van der Waals surface area contributed by atoms with Gasteiger partial charge in [-0.15, -0.1) is 0 Å². The maximum atomic E-state index is 12.3. The van der Waals surface area contributed by atoms with Crippen LogP contribution in [0, 0.1) is 6.92 Å². The Morgan fingerprint density at radius 3 is 2.73 bits per heavy atom. The zero-order valence-corrected chi connectivity index (χ0v) is 15.3. The van der Waals surface area contributed by atoms with Gasteiger partial charge in [-0.1, -0.05) is 29.8 Å². The first-order valence-electron chi connectivity index (χ1n) is 8.21. The highest BCUT2D eigenvalue weighted by molar-refractivity contribution is 6.31. The number of rotatable bonds is 6. The SMILES string of the molecule is COc1cc(Cl)cc(C(=O)NCCc2nc(-c3ccccc3)oc2C)c1. The van der Waals surface area contributed by atoms with E-state index < -0.39 is 0 Å². The van der Waals surface area contributed by atoms with Gasteiger partial charge in [0.05, 0.1) is 12.8 Å². The fraction of sp³-hybridized carbons (Fsp3) is 0.200. The zero-order valence-electron chi connectivity index (χ0n) is 14.6. The summed E-state index contributed by atoms with van der Waals surface area (Å²) in [7, 11) is 1.53. The van der Waals surface area contributed by atoms with Gasteiger partial charge in [0.15, 0.2) is 0 Å². The van der Waals surface area contributed by atoms with E-state index in [0.717, 1.165) is 17.0 Å². The molecule has 0 spiro atoms. The van der Waals surface area contributed by atoms with Crippen LogP contribution < -0.4 is 10.1 Å². The zero-order chi connectivity index (χ0) is 18.5. The van der Waals surface area contributed by atoms with Crippen molar-refractivity contribution in [2.24, 2.45) is 0 Å². The molecule has 0 atom stereocenters. The van der Waals surface area contributed by atoms with Crippen LogP contribution >= 0.6 is 11.6 Å². The Hall–Kier alpha value is -2.79. The van der Waals surface area contributed by atoms with Gasteiger partial charge in [-0.25, -0.2) is 4.98 Å². The van der Waals surface area contributed by atoms with Gasteiger partial charge in [-0.2, -0.15) is 0 Å². The molecule has 26 heavy (non-hydrogen) atoms. The van der Waals surface area contributed by atoms with E-state index in [4.69, 9.17) is 20.8 Å². The number of methoxy groups -OCH3 is 1. The average Bonchev–Trinajstić information content (AvgIpc) is 3.02. The van der Waals surface area contributed by atoms with Gasteiger partial charge in [-0.05, 0) is 37.3 Å². The van der Waals surface area contributed by atoms with Gasteiger partial charge in [-0.3, -0.25) is 4.79 Å². The molecule has 0 aliphatic carbocycles. The van der Waals surface area contributed by atoms with Crippen LogP contribution in [0.5, 0.6) is 5.75 Å². The molecule has 3 rings (SSSR count). The number of aromatic nitrogens is 1. The number of halogens is 1. The van der Waals surface area contributed by atoms with Crippen molar-refractivity contribution in [2.75, 3.05) is 13.7 Å². The number of amides is 1.